The Kier molecular flexibility index (Phi) is 5.85. The van der Waals surface area contributed by atoms with Crippen molar-refractivity contribution in [2.45, 2.75) is 31.8 Å². The molecule has 0 spiro atoms. The van der Waals surface area contributed by atoms with Gasteiger partial charge in [-0.1, -0.05) is 42.1 Å². The van der Waals surface area contributed by atoms with Gasteiger partial charge < -0.3 is 4.74 Å². The Balaban J connectivity index is 1.62. The first-order valence-electron chi connectivity index (χ1n) is 8.50. The van der Waals surface area contributed by atoms with Crippen molar-refractivity contribution in [1.82, 2.24) is 19.6 Å². The predicted molar refractivity (Wildman–Crippen MR) is 102 cm³/mol. The molecule has 27 heavy (non-hydrogen) atoms. The molecule has 0 fully saturated rings. The van der Waals surface area contributed by atoms with Gasteiger partial charge in [-0.3, -0.25) is 9.59 Å². The molecule has 0 atom stereocenters. The van der Waals surface area contributed by atoms with Crippen LogP contribution in [-0.4, -0.2) is 44.2 Å². The van der Waals surface area contributed by atoms with Crippen LogP contribution in [0.4, 0.5) is 0 Å². The van der Waals surface area contributed by atoms with Crippen LogP contribution >= 0.6 is 11.8 Å². The van der Waals surface area contributed by atoms with Crippen molar-refractivity contribution in [3.63, 3.8) is 0 Å². The lowest BCUT2D eigenvalue weighted by molar-refractivity contribution is -0.142. The van der Waals surface area contributed by atoms with E-state index in [0.29, 0.717) is 22.9 Å². The van der Waals surface area contributed by atoms with Crippen LogP contribution in [0.1, 0.15) is 33.7 Å². The molecule has 8 heteroatoms. The van der Waals surface area contributed by atoms with Gasteiger partial charge in [-0.2, -0.15) is 4.98 Å². The highest BCUT2D eigenvalue weighted by atomic mass is 32.2. The summed E-state index contributed by atoms with van der Waals surface area (Å²) in [5.74, 6) is -0.0812. The number of rotatable bonds is 7. The van der Waals surface area contributed by atoms with Crippen LogP contribution in [-0.2, 0) is 16.0 Å². The number of benzene rings is 1. The normalized spacial score (nSPS) is 10.9. The number of carbonyl (C=O) groups is 2. The zero-order chi connectivity index (χ0) is 19.4. The molecule has 140 valence electrons. The summed E-state index contributed by atoms with van der Waals surface area (Å²) in [6.45, 7) is 3.57. The van der Waals surface area contributed by atoms with Gasteiger partial charge in [-0.25, -0.2) is 9.50 Å². The molecule has 0 amide bonds. The molecule has 0 bridgehead atoms. The Hall–Kier alpha value is -2.74. The Morgan fingerprint density at radius 2 is 1.89 bits per heavy atom. The predicted octanol–water partition coefficient (Wildman–Crippen LogP) is 2.82. The Bertz CT molecular complexity index is 986. The second kappa shape index (κ2) is 8.30. The molecule has 2 heterocycles. The number of fused-ring (bicyclic) bond motifs is 1. The average molecular weight is 384 g/mol. The number of hydrogen-bond donors (Lipinski definition) is 0. The van der Waals surface area contributed by atoms with Crippen LogP contribution in [0.25, 0.3) is 5.78 Å². The minimum absolute atomic E-state index is 0.168. The number of Topliss-reactive ketones (excluding diaryl/α,β-unsaturated/α-hetero) is 1. The van der Waals surface area contributed by atoms with Gasteiger partial charge in [-0.05, 0) is 32.1 Å². The molecule has 0 N–H and O–H groups in total. The number of esters is 1. The lowest BCUT2D eigenvalue weighted by atomic mass is 10.1. The largest absolute Gasteiger partial charge is 0.457 e. The fraction of sp³-hybridized carbons (Fsp3) is 0.316. The van der Waals surface area contributed by atoms with Gasteiger partial charge in [0.1, 0.15) is 0 Å². The molecule has 0 aliphatic heterocycles. The first-order valence-corrected chi connectivity index (χ1v) is 9.72. The molecule has 0 saturated carbocycles. The van der Waals surface area contributed by atoms with E-state index in [1.54, 1.807) is 28.8 Å². The van der Waals surface area contributed by atoms with Gasteiger partial charge in [0.25, 0.3) is 5.78 Å². The van der Waals surface area contributed by atoms with Crippen molar-refractivity contribution < 1.29 is 14.3 Å². The summed E-state index contributed by atoms with van der Waals surface area (Å²) in [5, 5.41) is 5.05. The zero-order valence-corrected chi connectivity index (χ0v) is 16.2. The third-order valence-electron chi connectivity index (χ3n) is 4.25. The highest BCUT2D eigenvalue weighted by Crippen LogP contribution is 2.18. The fourth-order valence-electron chi connectivity index (χ4n) is 2.79. The topological polar surface area (TPSA) is 86.5 Å². The molecule has 1 aromatic carbocycles. The third-order valence-corrected chi connectivity index (χ3v) is 4.79. The number of thioether (sulfide) groups is 1. The lowest BCUT2D eigenvalue weighted by Gasteiger charge is -2.10. The summed E-state index contributed by atoms with van der Waals surface area (Å²) in [6, 6.07) is 8.78. The number of aryl methyl sites for hydroxylation is 2. The van der Waals surface area contributed by atoms with Gasteiger partial charge in [0, 0.05) is 23.4 Å². The van der Waals surface area contributed by atoms with Gasteiger partial charge in [0.2, 0.25) is 5.16 Å². The van der Waals surface area contributed by atoms with E-state index in [0.717, 1.165) is 17.0 Å². The number of aromatic nitrogens is 4. The fourth-order valence-corrected chi connectivity index (χ4v) is 3.13. The van der Waals surface area contributed by atoms with Gasteiger partial charge in [0.05, 0.1) is 0 Å². The number of nitrogens with zero attached hydrogens (tertiary/aromatic N) is 4. The molecule has 3 rings (SSSR count). The number of ether oxygens (including phenoxy) is 1. The van der Waals surface area contributed by atoms with Crippen LogP contribution < -0.4 is 0 Å². The van der Waals surface area contributed by atoms with Crippen molar-refractivity contribution in [2.75, 3.05) is 12.9 Å². The molecular formula is C19H20N4O3S. The van der Waals surface area contributed by atoms with E-state index >= 15 is 0 Å². The molecule has 0 saturated heterocycles. The molecule has 7 nitrogen and oxygen atoms in total. The molecule has 0 aliphatic rings. The maximum absolute atomic E-state index is 12.1. The van der Waals surface area contributed by atoms with E-state index in [-0.39, 0.29) is 18.8 Å². The molecule has 2 aromatic heterocycles. The van der Waals surface area contributed by atoms with E-state index < -0.39 is 5.97 Å². The van der Waals surface area contributed by atoms with Gasteiger partial charge >= 0.3 is 5.97 Å². The number of hydrogen-bond acceptors (Lipinski definition) is 7. The van der Waals surface area contributed by atoms with E-state index in [2.05, 4.69) is 15.1 Å². The number of ketones is 1. The van der Waals surface area contributed by atoms with Gasteiger partial charge in [0.15, 0.2) is 12.4 Å². The van der Waals surface area contributed by atoms with E-state index in [4.69, 9.17) is 4.74 Å². The zero-order valence-electron chi connectivity index (χ0n) is 15.4. The molecule has 0 aliphatic carbocycles. The second-order valence-electron chi connectivity index (χ2n) is 6.02. The summed E-state index contributed by atoms with van der Waals surface area (Å²) >= 11 is 1.45. The summed E-state index contributed by atoms with van der Waals surface area (Å²) in [7, 11) is 0. The molecular weight excluding hydrogens is 364 g/mol. The van der Waals surface area contributed by atoms with Crippen molar-refractivity contribution in [3.05, 3.63) is 52.8 Å². The lowest BCUT2D eigenvalue weighted by Crippen LogP contribution is -2.15. The standard InChI is InChI=1S/C19H20N4O3S/c1-12-15(13(2)23-18(20-12)21-19(22-23)27-3)9-10-17(25)26-11-16(24)14-7-5-4-6-8-14/h4-8H,9-11H2,1-3H3. The summed E-state index contributed by atoms with van der Waals surface area (Å²) in [5.41, 5.74) is 3.18. The maximum atomic E-state index is 12.1. The van der Waals surface area contributed by atoms with E-state index in [1.165, 1.54) is 11.8 Å². The van der Waals surface area contributed by atoms with Crippen molar-refractivity contribution in [1.29, 1.82) is 0 Å². The SMILES string of the molecule is CSc1nc2nc(C)c(CCC(=O)OCC(=O)c3ccccc3)c(C)n2n1. The minimum Gasteiger partial charge on any atom is -0.457 e. The number of carbonyl (C=O) groups excluding carboxylic acids is 2. The van der Waals surface area contributed by atoms with Crippen LogP contribution in [0.15, 0.2) is 35.5 Å². The first-order chi connectivity index (χ1) is 13.0. The highest BCUT2D eigenvalue weighted by molar-refractivity contribution is 7.98. The van der Waals surface area contributed by atoms with Crippen molar-refractivity contribution in [3.8, 4) is 0 Å². The first kappa shape index (κ1) is 19.0. The summed E-state index contributed by atoms with van der Waals surface area (Å²) in [4.78, 5) is 32.9. The smallest absolute Gasteiger partial charge is 0.306 e. The Morgan fingerprint density at radius 1 is 1.15 bits per heavy atom. The third kappa shape index (κ3) is 4.33. The molecule has 0 unspecified atom stereocenters. The minimum atomic E-state index is -0.415. The van der Waals surface area contributed by atoms with Crippen molar-refractivity contribution in [2.24, 2.45) is 0 Å². The monoisotopic (exact) mass is 384 g/mol. The van der Waals surface area contributed by atoms with E-state index in [1.807, 2.05) is 26.2 Å². The Morgan fingerprint density at radius 3 is 2.59 bits per heavy atom. The summed E-state index contributed by atoms with van der Waals surface area (Å²) in [6.07, 6.45) is 2.54. The second-order valence-corrected chi connectivity index (χ2v) is 6.79. The van der Waals surface area contributed by atoms with E-state index in [9.17, 15) is 9.59 Å². The highest BCUT2D eigenvalue weighted by Gasteiger charge is 2.15. The van der Waals surface area contributed by atoms with Crippen LogP contribution in [0.3, 0.4) is 0 Å². The Labute approximate surface area is 161 Å². The molecule has 0 radical (unpaired) electrons. The quantitative estimate of drug-likeness (QED) is 0.352. The van der Waals surface area contributed by atoms with Gasteiger partial charge in [-0.15, -0.1) is 5.10 Å². The van der Waals surface area contributed by atoms with Crippen LogP contribution in [0.2, 0.25) is 0 Å². The van der Waals surface area contributed by atoms with Crippen molar-refractivity contribution >= 4 is 29.3 Å². The molecule has 3 aromatic rings. The summed E-state index contributed by atoms with van der Waals surface area (Å²) < 4.78 is 6.81. The maximum Gasteiger partial charge on any atom is 0.306 e. The van der Waals surface area contributed by atoms with Crippen LogP contribution in [0.5, 0.6) is 0 Å². The van der Waals surface area contributed by atoms with Crippen LogP contribution in [0, 0.1) is 13.8 Å². The average Bonchev–Trinajstić information content (AvgIpc) is 3.10.